The Morgan fingerprint density at radius 3 is 2.73 bits per heavy atom. The van der Waals surface area contributed by atoms with Gasteiger partial charge in [-0.3, -0.25) is 0 Å². The van der Waals surface area contributed by atoms with Crippen molar-refractivity contribution < 1.29 is 0 Å². The zero-order valence-corrected chi connectivity index (χ0v) is 12.8. The number of thiazole rings is 1. The minimum Gasteiger partial charge on any atom is -0.383 e. The van der Waals surface area contributed by atoms with Crippen LogP contribution in [0.15, 0.2) is 18.7 Å². The number of nitrogen functional groups attached to an aromatic ring is 2. The van der Waals surface area contributed by atoms with Gasteiger partial charge in [0, 0.05) is 24.0 Å². The van der Waals surface area contributed by atoms with Gasteiger partial charge in [-0.25, -0.2) is 15.0 Å². The number of nitrogens with two attached hydrogens (primary N) is 3. The van der Waals surface area contributed by atoms with E-state index in [1.165, 1.54) is 17.7 Å². The molecule has 6 N–H and O–H groups in total. The van der Waals surface area contributed by atoms with Gasteiger partial charge in [-0.2, -0.15) is 0 Å². The molecule has 1 aliphatic carbocycles. The lowest BCUT2D eigenvalue weighted by Crippen LogP contribution is -2.31. The summed E-state index contributed by atoms with van der Waals surface area (Å²) in [5, 5.41) is 1.42. The molecular weight excluding hydrogens is 298 g/mol. The fourth-order valence-electron chi connectivity index (χ4n) is 3.11. The Balaban J connectivity index is 1.87. The maximum atomic E-state index is 6.10. The molecule has 1 saturated carbocycles. The molecule has 3 aromatic heterocycles. The van der Waals surface area contributed by atoms with Crippen LogP contribution in [0.25, 0.3) is 21.5 Å². The Morgan fingerprint density at radius 2 is 2.05 bits per heavy atom. The summed E-state index contributed by atoms with van der Waals surface area (Å²) in [6.07, 6.45) is 7.54. The molecular formula is C14H17N7S. The van der Waals surface area contributed by atoms with Crippen molar-refractivity contribution in [3.63, 3.8) is 0 Å². The van der Waals surface area contributed by atoms with E-state index in [4.69, 9.17) is 17.2 Å². The third kappa shape index (κ3) is 1.95. The van der Waals surface area contributed by atoms with E-state index in [2.05, 4.69) is 25.7 Å². The van der Waals surface area contributed by atoms with E-state index in [9.17, 15) is 0 Å². The molecule has 7 nitrogen and oxygen atoms in total. The quantitative estimate of drug-likeness (QED) is 0.675. The summed E-state index contributed by atoms with van der Waals surface area (Å²) in [7, 11) is 0. The van der Waals surface area contributed by atoms with Crippen molar-refractivity contribution in [1.82, 2.24) is 19.5 Å². The molecule has 0 unspecified atom stereocenters. The van der Waals surface area contributed by atoms with E-state index in [1.807, 2.05) is 0 Å². The number of nitrogens with zero attached hydrogens (tertiary/aromatic N) is 4. The lowest BCUT2D eigenvalue weighted by Gasteiger charge is -2.35. The van der Waals surface area contributed by atoms with Crippen LogP contribution < -0.4 is 17.2 Å². The van der Waals surface area contributed by atoms with Gasteiger partial charge in [0.2, 0.25) is 0 Å². The van der Waals surface area contributed by atoms with Crippen LogP contribution in [0.3, 0.4) is 0 Å². The van der Waals surface area contributed by atoms with Crippen LogP contribution in [0.2, 0.25) is 0 Å². The highest BCUT2D eigenvalue weighted by Crippen LogP contribution is 2.43. The van der Waals surface area contributed by atoms with Gasteiger partial charge >= 0.3 is 0 Å². The number of rotatable bonds is 3. The average Bonchev–Trinajstić information content (AvgIpc) is 3.03. The summed E-state index contributed by atoms with van der Waals surface area (Å²) < 4.78 is 2.20. The molecule has 114 valence electrons. The summed E-state index contributed by atoms with van der Waals surface area (Å²) >= 11 is 1.44. The second kappa shape index (κ2) is 4.92. The highest BCUT2D eigenvalue weighted by atomic mass is 32.1. The van der Waals surface area contributed by atoms with E-state index < -0.39 is 0 Å². The van der Waals surface area contributed by atoms with Crippen LogP contribution in [-0.4, -0.2) is 26.1 Å². The fourth-order valence-corrected chi connectivity index (χ4v) is 3.81. The molecule has 8 heteroatoms. The summed E-state index contributed by atoms with van der Waals surface area (Å²) in [6.45, 7) is 0.741. The van der Waals surface area contributed by atoms with Gasteiger partial charge in [-0.15, -0.1) is 0 Å². The van der Waals surface area contributed by atoms with Crippen LogP contribution in [-0.2, 0) is 0 Å². The van der Waals surface area contributed by atoms with Crippen molar-refractivity contribution in [3.8, 4) is 10.4 Å². The minimum absolute atomic E-state index is 0.421. The predicted octanol–water partition coefficient (Wildman–Crippen LogP) is 1.63. The Bertz CT molecular complexity index is 831. The summed E-state index contributed by atoms with van der Waals surface area (Å²) in [5.41, 5.74) is 19.5. The molecule has 4 rings (SSSR count). The van der Waals surface area contributed by atoms with E-state index in [0.717, 1.165) is 40.9 Å². The van der Waals surface area contributed by atoms with Gasteiger partial charge in [0.1, 0.15) is 17.8 Å². The molecule has 1 aliphatic rings. The number of anilines is 2. The smallest absolute Gasteiger partial charge is 0.180 e. The van der Waals surface area contributed by atoms with Crippen molar-refractivity contribution in [2.24, 2.45) is 11.7 Å². The Morgan fingerprint density at radius 1 is 1.23 bits per heavy atom. The summed E-state index contributed by atoms with van der Waals surface area (Å²) in [6, 6.07) is 0.421. The Kier molecular flexibility index (Phi) is 3.02. The van der Waals surface area contributed by atoms with Gasteiger partial charge in [-0.05, 0) is 25.3 Å². The molecule has 0 amide bonds. The first kappa shape index (κ1) is 13.5. The number of hydrogen-bond donors (Lipinski definition) is 3. The number of aromatic nitrogens is 4. The van der Waals surface area contributed by atoms with Crippen molar-refractivity contribution in [1.29, 1.82) is 0 Å². The van der Waals surface area contributed by atoms with Gasteiger partial charge in [0.25, 0.3) is 0 Å². The van der Waals surface area contributed by atoms with Crippen LogP contribution in [0.1, 0.15) is 18.9 Å². The Hall–Kier alpha value is -2.19. The predicted molar refractivity (Wildman–Crippen MR) is 88.3 cm³/mol. The molecule has 1 fully saturated rings. The van der Waals surface area contributed by atoms with Crippen LogP contribution in [0.5, 0.6) is 0 Å². The number of fused-ring (bicyclic) bond motifs is 1. The van der Waals surface area contributed by atoms with Crippen molar-refractivity contribution in [2.75, 3.05) is 18.0 Å². The summed E-state index contributed by atoms with van der Waals surface area (Å²) in [5.74, 6) is 1.09. The molecule has 0 bridgehead atoms. The lowest BCUT2D eigenvalue weighted by molar-refractivity contribution is 0.209. The van der Waals surface area contributed by atoms with Gasteiger partial charge in [0.05, 0.1) is 10.3 Å². The lowest BCUT2D eigenvalue weighted by atomic mass is 9.80. The molecule has 0 saturated heterocycles. The first-order valence-electron chi connectivity index (χ1n) is 7.20. The normalized spacial score (nSPS) is 21.1. The van der Waals surface area contributed by atoms with Crippen LogP contribution in [0.4, 0.5) is 10.9 Å². The molecule has 0 atom stereocenters. The molecule has 0 spiro atoms. The van der Waals surface area contributed by atoms with E-state index in [-0.39, 0.29) is 0 Å². The second-order valence-corrected chi connectivity index (χ2v) is 6.76. The van der Waals surface area contributed by atoms with Crippen molar-refractivity contribution >= 4 is 33.3 Å². The Labute approximate surface area is 131 Å². The zero-order valence-electron chi connectivity index (χ0n) is 11.9. The SMILES string of the molecule is NCC1CC(n2cc(-c3cnc(N)s3)c3c(N)ncnc32)C1. The molecule has 0 aromatic carbocycles. The standard InChI is InChI=1S/C14H17N7S/c15-3-7-1-8(2-7)21-5-9(10-4-18-14(17)22-10)11-12(16)19-6-20-13(11)21/h4-8H,1-3,15H2,(H2,17,18)(H2,16,19,20). The largest absolute Gasteiger partial charge is 0.383 e. The van der Waals surface area contributed by atoms with Crippen molar-refractivity contribution in [2.45, 2.75) is 18.9 Å². The zero-order chi connectivity index (χ0) is 15.3. The van der Waals surface area contributed by atoms with Gasteiger partial charge in [0.15, 0.2) is 5.13 Å². The third-order valence-electron chi connectivity index (χ3n) is 4.37. The molecule has 0 radical (unpaired) electrons. The van der Waals surface area contributed by atoms with Gasteiger partial charge in [-0.1, -0.05) is 11.3 Å². The van der Waals surface area contributed by atoms with E-state index >= 15 is 0 Å². The molecule has 22 heavy (non-hydrogen) atoms. The molecule has 3 aromatic rings. The van der Waals surface area contributed by atoms with Crippen molar-refractivity contribution in [3.05, 3.63) is 18.7 Å². The molecule has 3 heterocycles. The highest BCUT2D eigenvalue weighted by molar-refractivity contribution is 7.18. The fraction of sp³-hybridized carbons (Fsp3) is 0.357. The minimum atomic E-state index is 0.421. The van der Waals surface area contributed by atoms with E-state index in [0.29, 0.717) is 22.9 Å². The first-order valence-corrected chi connectivity index (χ1v) is 8.01. The van der Waals surface area contributed by atoms with Crippen LogP contribution >= 0.6 is 11.3 Å². The maximum Gasteiger partial charge on any atom is 0.180 e. The summed E-state index contributed by atoms with van der Waals surface area (Å²) in [4.78, 5) is 13.7. The topological polar surface area (TPSA) is 122 Å². The third-order valence-corrected chi connectivity index (χ3v) is 5.23. The highest BCUT2D eigenvalue weighted by Gasteiger charge is 2.31. The molecule has 0 aliphatic heterocycles. The first-order chi connectivity index (χ1) is 10.7. The van der Waals surface area contributed by atoms with Crippen LogP contribution in [0, 0.1) is 5.92 Å². The van der Waals surface area contributed by atoms with E-state index in [1.54, 1.807) is 6.20 Å². The monoisotopic (exact) mass is 315 g/mol. The second-order valence-electron chi connectivity index (χ2n) is 5.70. The number of hydrogen-bond acceptors (Lipinski definition) is 7. The average molecular weight is 315 g/mol. The maximum absolute atomic E-state index is 6.10. The van der Waals surface area contributed by atoms with Gasteiger partial charge < -0.3 is 21.8 Å².